The highest BCUT2D eigenvalue weighted by Crippen LogP contribution is 2.22. The molecule has 5 heteroatoms. The fraction of sp³-hybridized carbons (Fsp3) is 0.250. The van der Waals surface area contributed by atoms with Gasteiger partial charge in [0.15, 0.2) is 0 Å². The summed E-state index contributed by atoms with van der Waals surface area (Å²) in [5.41, 5.74) is 3.11. The predicted molar refractivity (Wildman–Crippen MR) is 67.3 cm³/mol. The molecule has 0 atom stereocenters. The van der Waals surface area contributed by atoms with Gasteiger partial charge in [-0.1, -0.05) is 5.57 Å². The zero-order chi connectivity index (χ0) is 12.4. The summed E-state index contributed by atoms with van der Waals surface area (Å²) in [5.74, 6) is 0. The minimum absolute atomic E-state index is 0.0960. The standard InChI is InChI=1S/C12H13N3O2/c1-9-7-10(2)13-14(8-9)11-3-5-12(6-4-11)15(16)17/h3-7H,8H2,1-2H3. The van der Waals surface area contributed by atoms with E-state index in [2.05, 4.69) is 5.10 Å². The maximum atomic E-state index is 10.5. The zero-order valence-corrected chi connectivity index (χ0v) is 9.75. The molecule has 0 unspecified atom stereocenters. The van der Waals surface area contributed by atoms with Crippen LogP contribution in [0.2, 0.25) is 0 Å². The number of hydrogen-bond donors (Lipinski definition) is 0. The number of hydrazone groups is 1. The van der Waals surface area contributed by atoms with Crippen molar-refractivity contribution in [2.75, 3.05) is 11.6 Å². The third-order valence-corrected chi connectivity index (χ3v) is 2.49. The number of nitro benzene ring substituents is 1. The Morgan fingerprint density at radius 3 is 2.47 bits per heavy atom. The molecule has 88 valence electrons. The molecule has 5 nitrogen and oxygen atoms in total. The minimum Gasteiger partial charge on any atom is -0.261 e. The maximum Gasteiger partial charge on any atom is 0.269 e. The largest absolute Gasteiger partial charge is 0.269 e. The van der Waals surface area contributed by atoms with Gasteiger partial charge < -0.3 is 0 Å². The summed E-state index contributed by atoms with van der Waals surface area (Å²) >= 11 is 0. The predicted octanol–water partition coefficient (Wildman–Crippen LogP) is 2.74. The summed E-state index contributed by atoms with van der Waals surface area (Å²) in [4.78, 5) is 10.1. The molecule has 1 aromatic carbocycles. The van der Waals surface area contributed by atoms with Crippen LogP contribution in [-0.2, 0) is 0 Å². The van der Waals surface area contributed by atoms with Gasteiger partial charge in [-0.2, -0.15) is 5.10 Å². The molecule has 1 aliphatic heterocycles. The van der Waals surface area contributed by atoms with Crippen molar-refractivity contribution in [1.82, 2.24) is 0 Å². The maximum absolute atomic E-state index is 10.5. The van der Waals surface area contributed by atoms with Crippen LogP contribution in [0.15, 0.2) is 41.0 Å². The van der Waals surface area contributed by atoms with Gasteiger partial charge in [0, 0.05) is 12.1 Å². The van der Waals surface area contributed by atoms with Crippen LogP contribution in [0.5, 0.6) is 0 Å². The topological polar surface area (TPSA) is 58.7 Å². The second kappa shape index (κ2) is 4.37. The van der Waals surface area contributed by atoms with Crippen molar-refractivity contribution < 1.29 is 4.92 Å². The number of rotatable bonds is 2. The highest BCUT2D eigenvalue weighted by molar-refractivity contribution is 5.95. The van der Waals surface area contributed by atoms with Crippen LogP contribution in [0.4, 0.5) is 11.4 Å². The summed E-state index contributed by atoms with van der Waals surface area (Å²) in [6.45, 7) is 4.69. The van der Waals surface area contributed by atoms with E-state index in [0.717, 1.165) is 17.9 Å². The van der Waals surface area contributed by atoms with E-state index in [1.807, 2.05) is 24.9 Å². The quantitative estimate of drug-likeness (QED) is 0.580. The van der Waals surface area contributed by atoms with E-state index >= 15 is 0 Å². The molecule has 0 radical (unpaired) electrons. The Hall–Kier alpha value is -2.17. The first-order valence-electron chi connectivity index (χ1n) is 5.30. The van der Waals surface area contributed by atoms with Gasteiger partial charge in [-0.05, 0) is 32.1 Å². The van der Waals surface area contributed by atoms with Gasteiger partial charge in [0.1, 0.15) is 0 Å². The lowest BCUT2D eigenvalue weighted by atomic mass is 10.2. The van der Waals surface area contributed by atoms with E-state index in [0.29, 0.717) is 0 Å². The molecule has 2 rings (SSSR count). The average Bonchev–Trinajstić information content (AvgIpc) is 2.28. The van der Waals surface area contributed by atoms with Gasteiger partial charge in [0.25, 0.3) is 5.69 Å². The Bertz CT molecular complexity index is 503. The molecular weight excluding hydrogens is 218 g/mol. The summed E-state index contributed by atoms with van der Waals surface area (Å²) < 4.78 is 0. The number of anilines is 1. The van der Waals surface area contributed by atoms with E-state index < -0.39 is 4.92 Å². The molecule has 0 spiro atoms. The zero-order valence-electron chi connectivity index (χ0n) is 9.75. The molecule has 0 fully saturated rings. The number of nitrogens with zero attached hydrogens (tertiary/aromatic N) is 3. The molecule has 17 heavy (non-hydrogen) atoms. The highest BCUT2D eigenvalue weighted by Gasteiger charge is 2.12. The minimum atomic E-state index is -0.403. The van der Waals surface area contributed by atoms with Gasteiger partial charge in [0.05, 0.1) is 22.9 Å². The van der Waals surface area contributed by atoms with Gasteiger partial charge in [-0.15, -0.1) is 0 Å². The van der Waals surface area contributed by atoms with Gasteiger partial charge in [-0.3, -0.25) is 15.1 Å². The van der Waals surface area contributed by atoms with Crippen LogP contribution in [-0.4, -0.2) is 17.2 Å². The Morgan fingerprint density at radius 1 is 1.29 bits per heavy atom. The second-order valence-corrected chi connectivity index (χ2v) is 4.06. The average molecular weight is 231 g/mol. The summed E-state index contributed by atoms with van der Waals surface area (Å²) in [6, 6.07) is 6.42. The van der Waals surface area contributed by atoms with Crippen LogP contribution in [0.1, 0.15) is 13.8 Å². The van der Waals surface area contributed by atoms with E-state index in [9.17, 15) is 10.1 Å². The molecule has 1 heterocycles. The Morgan fingerprint density at radius 2 is 1.94 bits per heavy atom. The molecule has 0 bridgehead atoms. The molecule has 1 aliphatic rings. The first-order chi connectivity index (χ1) is 8.06. The number of nitro groups is 1. The van der Waals surface area contributed by atoms with Crippen molar-refractivity contribution in [3.8, 4) is 0 Å². The molecule has 0 saturated carbocycles. The lowest BCUT2D eigenvalue weighted by molar-refractivity contribution is -0.384. The fourth-order valence-electron chi connectivity index (χ4n) is 1.79. The van der Waals surface area contributed by atoms with Crippen LogP contribution < -0.4 is 5.01 Å². The lowest BCUT2D eigenvalue weighted by Gasteiger charge is -2.23. The van der Waals surface area contributed by atoms with E-state index in [-0.39, 0.29) is 5.69 Å². The number of allylic oxidation sites excluding steroid dienone is 1. The number of hydrogen-bond acceptors (Lipinski definition) is 4. The summed E-state index contributed by atoms with van der Waals surface area (Å²) in [6.07, 6.45) is 2.03. The Balaban J connectivity index is 2.24. The van der Waals surface area contributed by atoms with Crippen molar-refractivity contribution in [3.63, 3.8) is 0 Å². The van der Waals surface area contributed by atoms with Gasteiger partial charge in [-0.25, -0.2) is 0 Å². The molecular formula is C12H13N3O2. The number of non-ortho nitro benzene ring substituents is 1. The summed E-state index contributed by atoms with van der Waals surface area (Å²) in [7, 11) is 0. The van der Waals surface area contributed by atoms with E-state index in [4.69, 9.17) is 0 Å². The third kappa shape index (κ3) is 2.50. The van der Waals surface area contributed by atoms with E-state index in [1.54, 1.807) is 12.1 Å². The molecule has 0 aromatic heterocycles. The van der Waals surface area contributed by atoms with Crippen molar-refractivity contribution in [1.29, 1.82) is 0 Å². The Labute approximate surface area is 99.2 Å². The molecule has 1 aromatic rings. The Kier molecular flexibility index (Phi) is 2.91. The molecule has 0 N–H and O–H groups in total. The second-order valence-electron chi connectivity index (χ2n) is 4.06. The van der Waals surface area contributed by atoms with Crippen molar-refractivity contribution in [2.24, 2.45) is 5.10 Å². The van der Waals surface area contributed by atoms with Gasteiger partial charge in [0.2, 0.25) is 0 Å². The van der Waals surface area contributed by atoms with Crippen molar-refractivity contribution in [2.45, 2.75) is 13.8 Å². The molecule has 0 saturated heterocycles. The lowest BCUT2D eigenvalue weighted by Crippen LogP contribution is -2.23. The fourth-order valence-corrected chi connectivity index (χ4v) is 1.79. The number of benzene rings is 1. The molecule has 0 amide bonds. The van der Waals surface area contributed by atoms with Gasteiger partial charge >= 0.3 is 0 Å². The van der Waals surface area contributed by atoms with Crippen LogP contribution in [0.3, 0.4) is 0 Å². The third-order valence-electron chi connectivity index (χ3n) is 2.49. The van der Waals surface area contributed by atoms with E-state index in [1.165, 1.54) is 17.7 Å². The van der Waals surface area contributed by atoms with Crippen molar-refractivity contribution in [3.05, 3.63) is 46.0 Å². The SMILES string of the molecule is CC1=CC(C)=NN(c2ccc([N+](=O)[O-])cc2)C1. The summed E-state index contributed by atoms with van der Waals surface area (Å²) in [5, 5.41) is 16.8. The van der Waals surface area contributed by atoms with Crippen LogP contribution in [0.25, 0.3) is 0 Å². The smallest absolute Gasteiger partial charge is 0.261 e. The van der Waals surface area contributed by atoms with Crippen molar-refractivity contribution >= 4 is 17.1 Å². The monoisotopic (exact) mass is 231 g/mol. The highest BCUT2D eigenvalue weighted by atomic mass is 16.6. The molecule has 0 aliphatic carbocycles. The first-order valence-corrected chi connectivity index (χ1v) is 5.30. The normalized spacial score (nSPS) is 15.3. The van der Waals surface area contributed by atoms with Crippen LogP contribution in [0, 0.1) is 10.1 Å². The van der Waals surface area contributed by atoms with Crippen LogP contribution >= 0.6 is 0 Å². The first kappa shape index (κ1) is 11.3.